The number of rotatable bonds is 7. The van der Waals surface area contributed by atoms with Gasteiger partial charge in [-0.3, -0.25) is 9.10 Å². The van der Waals surface area contributed by atoms with Crippen LogP contribution in [0.3, 0.4) is 0 Å². The number of carbonyl (C=O) groups is 1. The van der Waals surface area contributed by atoms with Gasteiger partial charge in [0.2, 0.25) is 15.9 Å². The smallest absolute Gasteiger partial charge is 0.232 e. The highest BCUT2D eigenvalue weighted by molar-refractivity contribution is 7.92. The van der Waals surface area contributed by atoms with Crippen molar-refractivity contribution in [3.63, 3.8) is 0 Å². The summed E-state index contributed by atoms with van der Waals surface area (Å²) >= 11 is 0. The minimum absolute atomic E-state index is 0.0972. The van der Waals surface area contributed by atoms with E-state index in [0.29, 0.717) is 38.2 Å². The molecular formula is C25H35N3O3S. The van der Waals surface area contributed by atoms with E-state index in [1.165, 1.54) is 27.4 Å². The van der Waals surface area contributed by atoms with Crippen LogP contribution in [-0.2, 0) is 14.8 Å². The Kier molecular flexibility index (Phi) is 7.49. The molecule has 0 saturated carbocycles. The van der Waals surface area contributed by atoms with Gasteiger partial charge in [0.15, 0.2) is 0 Å². The zero-order valence-corrected chi connectivity index (χ0v) is 20.7. The van der Waals surface area contributed by atoms with Crippen molar-refractivity contribution in [3.8, 4) is 0 Å². The standard InChI is InChI=1S/C25H35N3O3S/c1-19-9-6-11-23(21(19)3)26-15-17-27(18-16-26)25(29)13-8-14-28(32(5,30)31)24-12-7-10-20(2)22(24)4/h6-7,9-12H,8,13-18H2,1-5H3. The third-order valence-electron chi connectivity index (χ3n) is 6.55. The molecule has 1 aliphatic rings. The molecule has 1 aliphatic heterocycles. The van der Waals surface area contributed by atoms with E-state index >= 15 is 0 Å². The van der Waals surface area contributed by atoms with Crippen molar-refractivity contribution in [2.24, 2.45) is 0 Å². The maximum Gasteiger partial charge on any atom is 0.232 e. The summed E-state index contributed by atoms with van der Waals surface area (Å²) in [5.41, 5.74) is 6.51. The molecule has 3 rings (SSSR count). The number of amides is 1. The molecule has 1 heterocycles. The average molecular weight is 458 g/mol. The summed E-state index contributed by atoms with van der Waals surface area (Å²) in [6.07, 6.45) is 2.07. The molecule has 174 valence electrons. The molecule has 1 saturated heterocycles. The third kappa shape index (κ3) is 5.44. The molecule has 0 spiro atoms. The van der Waals surface area contributed by atoms with E-state index in [1.807, 2.05) is 36.9 Å². The van der Waals surface area contributed by atoms with Crippen LogP contribution in [-0.4, -0.2) is 58.2 Å². The largest absolute Gasteiger partial charge is 0.368 e. The van der Waals surface area contributed by atoms with E-state index in [0.717, 1.165) is 24.2 Å². The molecule has 7 heteroatoms. The number of benzene rings is 2. The minimum Gasteiger partial charge on any atom is -0.368 e. The predicted molar refractivity (Wildman–Crippen MR) is 132 cm³/mol. The fraction of sp³-hybridized carbons (Fsp3) is 0.480. The summed E-state index contributed by atoms with van der Waals surface area (Å²) < 4.78 is 26.3. The van der Waals surface area contributed by atoms with Crippen LogP contribution < -0.4 is 9.21 Å². The Morgan fingerprint density at radius 1 is 0.906 bits per heavy atom. The van der Waals surface area contributed by atoms with Gasteiger partial charge in [-0.1, -0.05) is 24.3 Å². The van der Waals surface area contributed by atoms with Crippen LogP contribution in [0.25, 0.3) is 0 Å². The van der Waals surface area contributed by atoms with Gasteiger partial charge in [0.25, 0.3) is 0 Å². The van der Waals surface area contributed by atoms with Crippen LogP contribution in [0.1, 0.15) is 35.1 Å². The number of aryl methyl sites for hydroxylation is 2. The number of sulfonamides is 1. The number of nitrogens with zero attached hydrogens (tertiary/aromatic N) is 3. The highest BCUT2D eigenvalue weighted by Crippen LogP contribution is 2.26. The van der Waals surface area contributed by atoms with Crippen LogP contribution in [0, 0.1) is 27.7 Å². The maximum atomic E-state index is 12.8. The average Bonchev–Trinajstić information content (AvgIpc) is 2.75. The molecular weight excluding hydrogens is 422 g/mol. The van der Waals surface area contributed by atoms with Crippen LogP contribution in [0.4, 0.5) is 11.4 Å². The molecule has 6 nitrogen and oxygen atoms in total. The Balaban J connectivity index is 1.56. The van der Waals surface area contributed by atoms with Gasteiger partial charge in [-0.15, -0.1) is 0 Å². The number of hydrogen-bond acceptors (Lipinski definition) is 4. The first kappa shape index (κ1) is 24.1. The molecule has 32 heavy (non-hydrogen) atoms. The molecule has 2 aromatic rings. The lowest BCUT2D eigenvalue weighted by Gasteiger charge is -2.37. The summed E-state index contributed by atoms with van der Waals surface area (Å²) in [5.74, 6) is 0.0972. The van der Waals surface area contributed by atoms with Crippen molar-refractivity contribution in [1.29, 1.82) is 0 Å². The molecule has 0 aliphatic carbocycles. The van der Waals surface area contributed by atoms with Gasteiger partial charge < -0.3 is 9.80 Å². The summed E-state index contributed by atoms with van der Waals surface area (Å²) in [6, 6.07) is 12.0. The van der Waals surface area contributed by atoms with Crippen molar-refractivity contribution in [2.45, 2.75) is 40.5 Å². The van der Waals surface area contributed by atoms with E-state index in [-0.39, 0.29) is 5.91 Å². The number of piperazine rings is 1. The second-order valence-electron chi connectivity index (χ2n) is 8.74. The Hall–Kier alpha value is -2.54. The summed E-state index contributed by atoms with van der Waals surface area (Å²) in [6.45, 7) is 11.5. The predicted octanol–water partition coefficient (Wildman–Crippen LogP) is 3.82. The van der Waals surface area contributed by atoms with E-state index in [9.17, 15) is 13.2 Å². The first-order chi connectivity index (χ1) is 15.1. The van der Waals surface area contributed by atoms with Crippen molar-refractivity contribution in [1.82, 2.24) is 4.90 Å². The monoisotopic (exact) mass is 457 g/mol. The molecule has 2 aromatic carbocycles. The van der Waals surface area contributed by atoms with Crippen LogP contribution >= 0.6 is 0 Å². The summed E-state index contributed by atoms with van der Waals surface area (Å²) in [7, 11) is -3.42. The highest BCUT2D eigenvalue weighted by Gasteiger charge is 2.24. The van der Waals surface area contributed by atoms with Gasteiger partial charge >= 0.3 is 0 Å². The minimum atomic E-state index is -3.42. The fourth-order valence-corrected chi connectivity index (χ4v) is 5.29. The van der Waals surface area contributed by atoms with Gasteiger partial charge in [0.1, 0.15) is 0 Å². The number of hydrogen-bond donors (Lipinski definition) is 0. The summed E-state index contributed by atoms with van der Waals surface area (Å²) in [5, 5.41) is 0. The molecule has 0 atom stereocenters. The van der Waals surface area contributed by atoms with Crippen LogP contribution in [0.5, 0.6) is 0 Å². The van der Waals surface area contributed by atoms with Crippen molar-refractivity contribution in [3.05, 3.63) is 58.7 Å². The normalized spacial score (nSPS) is 14.5. The lowest BCUT2D eigenvalue weighted by Crippen LogP contribution is -2.49. The van der Waals surface area contributed by atoms with Gasteiger partial charge in [-0.05, 0) is 68.5 Å². The molecule has 0 aromatic heterocycles. The Morgan fingerprint density at radius 3 is 2.12 bits per heavy atom. The van der Waals surface area contributed by atoms with E-state index < -0.39 is 10.0 Å². The topological polar surface area (TPSA) is 60.9 Å². The van der Waals surface area contributed by atoms with Gasteiger partial charge in [0, 0.05) is 44.8 Å². The second kappa shape index (κ2) is 9.94. The zero-order chi connectivity index (χ0) is 23.5. The number of carbonyl (C=O) groups excluding carboxylic acids is 1. The SMILES string of the molecule is Cc1cccc(N2CCN(C(=O)CCCN(c3cccc(C)c3C)S(C)(=O)=O)CC2)c1C. The Morgan fingerprint density at radius 2 is 1.50 bits per heavy atom. The van der Waals surface area contributed by atoms with Gasteiger partial charge in [-0.2, -0.15) is 0 Å². The fourth-order valence-electron chi connectivity index (χ4n) is 4.28. The first-order valence-electron chi connectivity index (χ1n) is 11.2. The lowest BCUT2D eigenvalue weighted by molar-refractivity contribution is -0.131. The Bertz CT molecular complexity index is 1070. The van der Waals surface area contributed by atoms with Crippen molar-refractivity contribution >= 4 is 27.3 Å². The molecule has 1 fully saturated rings. The molecule has 0 bridgehead atoms. The van der Waals surface area contributed by atoms with E-state index in [2.05, 4.69) is 36.9 Å². The molecule has 1 amide bonds. The van der Waals surface area contributed by atoms with E-state index in [1.54, 1.807) is 0 Å². The lowest BCUT2D eigenvalue weighted by atomic mass is 10.1. The first-order valence-corrected chi connectivity index (χ1v) is 13.1. The van der Waals surface area contributed by atoms with Crippen LogP contribution in [0.15, 0.2) is 36.4 Å². The molecule has 0 N–H and O–H groups in total. The van der Waals surface area contributed by atoms with Gasteiger partial charge in [0.05, 0.1) is 11.9 Å². The molecule has 0 radical (unpaired) electrons. The third-order valence-corrected chi connectivity index (χ3v) is 7.73. The van der Waals surface area contributed by atoms with Crippen molar-refractivity contribution in [2.75, 3.05) is 48.2 Å². The molecule has 0 unspecified atom stereocenters. The summed E-state index contributed by atoms with van der Waals surface area (Å²) in [4.78, 5) is 17.0. The Labute approximate surface area is 192 Å². The van der Waals surface area contributed by atoms with E-state index in [4.69, 9.17) is 0 Å². The second-order valence-corrected chi connectivity index (χ2v) is 10.7. The quantitative estimate of drug-likeness (QED) is 0.634. The maximum absolute atomic E-state index is 12.8. The van der Waals surface area contributed by atoms with Crippen molar-refractivity contribution < 1.29 is 13.2 Å². The highest BCUT2D eigenvalue weighted by atomic mass is 32.2. The number of anilines is 2. The van der Waals surface area contributed by atoms with Gasteiger partial charge in [-0.25, -0.2) is 8.42 Å². The van der Waals surface area contributed by atoms with Crippen LogP contribution in [0.2, 0.25) is 0 Å². The zero-order valence-electron chi connectivity index (χ0n) is 19.9.